The van der Waals surface area contributed by atoms with E-state index in [1.165, 1.54) is 6.42 Å². The molecule has 0 unspecified atom stereocenters. The monoisotopic (exact) mass is 501 g/mol. The molecule has 1 aromatic heterocycles. The highest BCUT2D eigenvalue weighted by Gasteiger charge is 2.18. The minimum absolute atomic E-state index is 0.134. The predicted octanol–water partition coefficient (Wildman–Crippen LogP) is 8.53. The highest BCUT2D eigenvalue weighted by Crippen LogP contribution is 2.33. The van der Waals surface area contributed by atoms with Gasteiger partial charge in [-0.15, -0.1) is 0 Å². The number of aromatic nitrogens is 1. The van der Waals surface area contributed by atoms with Gasteiger partial charge in [-0.25, -0.2) is 9.98 Å². The van der Waals surface area contributed by atoms with E-state index in [-0.39, 0.29) is 5.91 Å². The number of aryl methyl sites for hydroxylation is 1. The van der Waals surface area contributed by atoms with Crippen LogP contribution >= 0.6 is 11.6 Å². The van der Waals surface area contributed by atoms with Gasteiger partial charge in [0, 0.05) is 29.9 Å². The zero-order valence-corrected chi connectivity index (χ0v) is 22.6. The third-order valence-electron chi connectivity index (χ3n) is 7.27. The predicted molar refractivity (Wildman–Crippen MR) is 151 cm³/mol. The maximum absolute atomic E-state index is 12.8. The molecule has 0 spiro atoms. The van der Waals surface area contributed by atoms with Gasteiger partial charge in [0.05, 0.1) is 10.7 Å². The molecule has 4 nitrogen and oxygen atoms in total. The largest absolute Gasteiger partial charge is 0.339 e. The van der Waals surface area contributed by atoms with Gasteiger partial charge in [-0.05, 0) is 86.8 Å². The fourth-order valence-electron chi connectivity index (χ4n) is 4.93. The molecule has 36 heavy (non-hydrogen) atoms. The Morgan fingerprint density at radius 1 is 0.944 bits per heavy atom. The maximum atomic E-state index is 12.8. The Hall–Kier alpha value is -2.98. The molecule has 1 saturated heterocycles. The number of hydrogen-bond acceptors (Lipinski definition) is 3. The quantitative estimate of drug-likeness (QED) is 0.304. The van der Waals surface area contributed by atoms with Crippen LogP contribution in [0, 0.1) is 12.8 Å². The highest BCUT2D eigenvalue weighted by atomic mass is 35.5. The van der Waals surface area contributed by atoms with Crippen molar-refractivity contribution in [1.29, 1.82) is 0 Å². The summed E-state index contributed by atoms with van der Waals surface area (Å²) in [7, 11) is 0. The molecule has 2 heterocycles. The van der Waals surface area contributed by atoms with Crippen molar-refractivity contribution in [3.8, 4) is 22.4 Å². The Morgan fingerprint density at radius 2 is 1.50 bits per heavy atom. The Labute approximate surface area is 220 Å². The van der Waals surface area contributed by atoms with Crippen LogP contribution in [0.3, 0.4) is 0 Å². The molecule has 2 aromatic carbocycles. The lowest BCUT2D eigenvalue weighted by Gasteiger charge is -2.26. The number of hydrogen-bond donors (Lipinski definition) is 0. The van der Waals surface area contributed by atoms with Crippen LogP contribution in [-0.2, 0) is 0 Å². The number of halogens is 1. The van der Waals surface area contributed by atoms with Crippen LogP contribution in [0.15, 0.2) is 59.6 Å². The van der Waals surface area contributed by atoms with Crippen LogP contribution < -0.4 is 0 Å². The Balaban J connectivity index is 1.55. The Bertz CT molecular complexity index is 1220. The smallest absolute Gasteiger partial charge is 0.253 e. The minimum Gasteiger partial charge on any atom is -0.339 e. The van der Waals surface area contributed by atoms with Gasteiger partial charge in [-0.3, -0.25) is 4.79 Å². The fourth-order valence-corrected chi connectivity index (χ4v) is 5.24. The second kappa shape index (κ2) is 11.8. The number of likely N-dealkylation sites (tertiary alicyclic amines) is 1. The van der Waals surface area contributed by atoms with Crippen LogP contribution in [0.1, 0.15) is 68.8 Å². The first-order valence-corrected chi connectivity index (χ1v) is 13.5. The minimum atomic E-state index is 0.134. The zero-order valence-electron chi connectivity index (χ0n) is 21.9. The molecule has 0 aliphatic carbocycles. The van der Waals surface area contributed by atoms with Gasteiger partial charge in [0.2, 0.25) is 0 Å². The second-order valence-corrected chi connectivity index (χ2v) is 10.1. The first kappa shape index (κ1) is 26.1. The van der Waals surface area contributed by atoms with E-state index in [0.29, 0.717) is 10.9 Å². The summed E-state index contributed by atoms with van der Waals surface area (Å²) in [6.07, 6.45) is 5.55. The summed E-state index contributed by atoms with van der Waals surface area (Å²) in [5, 5.41) is 0.625. The molecule has 4 rings (SSSR count). The molecular formula is C31H36ClN3O. The molecular weight excluding hydrogens is 466 g/mol. The molecule has 3 aromatic rings. The Kier molecular flexibility index (Phi) is 8.58. The first-order valence-electron chi connectivity index (χ1n) is 13.1. The van der Waals surface area contributed by atoms with Crippen molar-refractivity contribution in [3.05, 3.63) is 70.7 Å². The van der Waals surface area contributed by atoms with Crippen molar-refractivity contribution < 1.29 is 4.79 Å². The van der Waals surface area contributed by atoms with Crippen molar-refractivity contribution in [1.82, 2.24) is 9.88 Å². The number of piperidine rings is 1. The number of rotatable bonds is 7. The molecule has 0 radical (unpaired) electrons. The van der Waals surface area contributed by atoms with E-state index in [9.17, 15) is 4.79 Å². The van der Waals surface area contributed by atoms with Crippen LogP contribution in [0.25, 0.3) is 22.4 Å². The van der Waals surface area contributed by atoms with Gasteiger partial charge in [-0.2, -0.15) is 0 Å². The van der Waals surface area contributed by atoms with E-state index in [1.807, 2.05) is 54.3 Å². The summed E-state index contributed by atoms with van der Waals surface area (Å²) in [4.78, 5) is 24.5. The molecule has 0 atom stereocenters. The van der Waals surface area contributed by atoms with E-state index in [4.69, 9.17) is 21.6 Å². The first-order chi connectivity index (χ1) is 17.4. The Morgan fingerprint density at radius 3 is 2.08 bits per heavy atom. The number of nitrogens with zero attached hydrogens (tertiary/aromatic N) is 3. The molecule has 5 heteroatoms. The molecule has 188 valence electrons. The standard InChI is InChI=1S/C31H36ClN3O/c1-5-23(6-2)22(4)33-30-21(3)20-28(32)29(34-30)26-14-10-24(11-15-26)25-12-16-27(17-13-25)31(36)35-18-8-7-9-19-35/h10-17,20,23H,5-9,18-19H2,1-4H3/b33-22-. The summed E-state index contributed by atoms with van der Waals surface area (Å²) >= 11 is 6.61. The summed E-state index contributed by atoms with van der Waals surface area (Å²) in [5.74, 6) is 1.33. The molecule has 1 aliphatic heterocycles. The topological polar surface area (TPSA) is 45.6 Å². The zero-order chi connectivity index (χ0) is 25.7. The highest BCUT2D eigenvalue weighted by molar-refractivity contribution is 6.33. The SMILES string of the molecule is CCC(CC)/C(C)=N\c1nc(-c2ccc(-c3ccc(C(=O)N4CCCCC4)cc3)cc2)c(Cl)cc1C. The van der Waals surface area contributed by atoms with Gasteiger partial charge in [0.15, 0.2) is 5.82 Å². The average Bonchev–Trinajstić information content (AvgIpc) is 2.91. The third kappa shape index (κ3) is 5.87. The molecule has 1 amide bonds. The van der Waals surface area contributed by atoms with Crippen molar-refractivity contribution in [2.45, 2.75) is 59.8 Å². The normalized spacial score (nSPS) is 14.4. The lowest BCUT2D eigenvalue weighted by Crippen LogP contribution is -2.35. The van der Waals surface area contributed by atoms with Gasteiger partial charge in [0.1, 0.15) is 0 Å². The van der Waals surface area contributed by atoms with Crippen LogP contribution in [0.5, 0.6) is 0 Å². The fraction of sp³-hybridized carbons (Fsp3) is 0.387. The number of carbonyl (C=O) groups excluding carboxylic acids is 1. The molecule has 1 aliphatic rings. The van der Waals surface area contributed by atoms with Crippen molar-refractivity contribution in [2.75, 3.05) is 13.1 Å². The molecule has 0 saturated carbocycles. The number of amides is 1. The summed E-state index contributed by atoms with van der Waals surface area (Å²) < 4.78 is 0. The summed E-state index contributed by atoms with van der Waals surface area (Å²) in [6.45, 7) is 10.2. The summed E-state index contributed by atoms with van der Waals surface area (Å²) in [6, 6.07) is 18.1. The van der Waals surface area contributed by atoms with Crippen LogP contribution in [-0.4, -0.2) is 34.6 Å². The van der Waals surface area contributed by atoms with E-state index in [1.54, 1.807) is 0 Å². The second-order valence-electron chi connectivity index (χ2n) is 9.73. The lowest BCUT2D eigenvalue weighted by molar-refractivity contribution is 0.0724. The molecule has 0 N–H and O–H groups in total. The summed E-state index contributed by atoms with van der Waals surface area (Å²) in [5.41, 5.74) is 6.70. The molecule has 1 fully saturated rings. The van der Waals surface area contributed by atoms with E-state index < -0.39 is 0 Å². The average molecular weight is 502 g/mol. The van der Waals surface area contributed by atoms with Crippen LogP contribution in [0.4, 0.5) is 5.82 Å². The van der Waals surface area contributed by atoms with Crippen molar-refractivity contribution in [2.24, 2.45) is 10.9 Å². The number of carbonyl (C=O) groups is 1. The van der Waals surface area contributed by atoms with Crippen molar-refractivity contribution in [3.63, 3.8) is 0 Å². The molecule has 0 bridgehead atoms. The maximum Gasteiger partial charge on any atom is 0.253 e. The third-order valence-corrected chi connectivity index (χ3v) is 7.55. The lowest BCUT2D eigenvalue weighted by atomic mass is 9.98. The number of aliphatic imine (C=N–C) groups is 1. The van der Waals surface area contributed by atoms with E-state index in [0.717, 1.165) is 83.8 Å². The number of pyridine rings is 1. The van der Waals surface area contributed by atoms with Crippen molar-refractivity contribution >= 4 is 29.0 Å². The van der Waals surface area contributed by atoms with Gasteiger partial charge >= 0.3 is 0 Å². The van der Waals surface area contributed by atoms with Gasteiger partial charge in [0.25, 0.3) is 5.91 Å². The van der Waals surface area contributed by atoms with Crippen LogP contribution in [0.2, 0.25) is 5.02 Å². The van der Waals surface area contributed by atoms with Gasteiger partial charge in [-0.1, -0.05) is 61.8 Å². The van der Waals surface area contributed by atoms with E-state index >= 15 is 0 Å². The number of benzene rings is 2. The van der Waals surface area contributed by atoms with E-state index in [2.05, 4.69) is 32.9 Å². The van der Waals surface area contributed by atoms with Gasteiger partial charge < -0.3 is 4.90 Å².